The van der Waals surface area contributed by atoms with Gasteiger partial charge in [0.15, 0.2) is 0 Å². The summed E-state index contributed by atoms with van der Waals surface area (Å²) in [6.07, 6.45) is 5.33. The van der Waals surface area contributed by atoms with Gasteiger partial charge in [-0.2, -0.15) is 0 Å². The van der Waals surface area contributed by atoms with Crippen LogP contribution >= 0.6 is 0 Å². The molecule has 0 atom stereocenters. The molecule has 4 heteroatoms. The number of rotatable bonds is 4. The lowest BCUT2D eigenvalue weighted by atomic mass is 10.0. The van der Waals surface area contributed by atoms with Crippen molar-refractivity contribution < 1.29 is 9.59 Å². The minimum Gasteiger partial charge on any atom is -0.366 e. The predicted octanol–water partition coefficient (Wildman–Crippen LogP) is 2.30. The Balaban J connectivity index is 1.93. The Morgan fingerprint density at radius 1 is 1.28 bits per heavy atom. The van der Waals surface area contributed by atoms with Gasteiger partial charge in [-0.15, -0.1) is 0 Å². The molecule has 1 saturated carbocycles. The van der Waals surface area contributed by atoms with Crippen LogP contribution in [0.2, 0.25) is 0 Å². The molecule has 1 aliphatic rings. The monoisotopic (exact) mass is 246 g/mol. The minimum atomic E-state index is -0.484. The molecule has 1 aromatic rings. The van der Waals surface area contributed by atoms with Gasteiger partial charge >= 0.3 is 0 Å². The number of anilines is 1. The van der Waals surface area contributed by atoms with Gasteiger partial charge in [0.1, 0.15) is 0 Å². The molecule has 0 radical (unpaired) electrons. The van der Waals surface area contributed by atoms with E-state index in [1.54, 1.807) is 24.3 Å². The third kappa shape index (κ3) is 3.32. The lowest BCUT2D eigenvalue weighted by Gasteiger charge is -2.10. The fourth-order valence-electron chi connectivity index (χ4n) is 2.44. The highest BCUT2D eigenvalue weighted by molar-refractivity contribution is 5.96. The van der Waals surface area contributed by atoms with E-state index < -0.39 is 5.91 Å². The number of nitrogens with two attached hydrogens (primary N) is 1. The van der Waals surface area contributed by atoms with E-state index in [1.807, 2.05) is 0 Å². The van der Waals surface area contributed by atoms with E-state index in [-0.39, 0.29) is 5.91 Å². The summed E-state index contributed by atoms with van der Waals surface area (Å²) in [6.45, 7) is 0. The van der Waals surface area contributed by atoms with Gasteiger partial charge in [-0.1, -0.05) is 18.9 Å². The van der Waals surface area contributed by atoms with Crippen molar-refractivity contribution >= 4 is 17.5 Å². The number of amides is 2. The molecule has 0 saturated heterocycles. The molecule has 0 aromatic heterocycles. The topological polar surface area (TPSA) is 72.2 Å². The molecular formula is C14H18N2O2. The lowest BCUT2D eigenvalue weighted by Crippen LogP contribution is -2.16. The molecule has 96 valence electrons. The molecule has 18 heavy (non-hydrogen) atoms. The number of nitrogens with one attached hydrogen (secondary N) is 1. The summed E-state index contributed by atoms with van der Waals surface area (Å²) in [5.74, 6) is 0.0507. The van der Waals surface area contributed by atoms with E-state index in [1.165, 1.54) is 12.8 Å². The normalized spacial score (nSPS) is 15.6. The number of benzene rings is 1. The van der Waals surface area contributed by atoms with Gasteiger partial charge in [-0.25, -0.2) is 0 Å². The zero-order valence-electron chi connectivity index (χ0n) is 10.3. The molecule has 1 aromatic carbocycles. The fourth-order valence-corrected chi connectivity index (χ4v) is 2.44. The van der Waals surface area contributed by atoms with Crippen molar-refractivity contribution in [3.63, 3.8) is 0 Å². The molecule has 0 unspecified atom stereocenters. The Kier molecular flexibility index (Phi) is 3.97. The number of hydrogen-bond acceptors (Lipinski definition) is 2. The predicted molar refractivity (Wildman–Crippen MR) is 70.2 cm³/mol. The van der Waals surface area contributed by atoms with Crippen LogP contribution in [0.1, 0.15) is 42.5 Å². The largest absolute Gasteiger partial charge is 0.366 e. The number of carbonyl (C=O) groups excluding carboxylic acids is 2. The molecule has 0 spiro atoms. The first-order valence-corrected chi connectivity index (χ1v) is 6.35. The van der Waals surface area contributed by atoms with Crippen LogP contribution in [0, 0.1) is 5.92 Å². The van der Waals surface area contributed by atoms with E-state index in [2.05, 4.69) is 5.32 Å². The Bertz CT molecular complexity index is 451. The highest BCUT2D eigenvalue weighted by Gasteiger charge is 2.18. The molecule has 3 N–H and O–H groups in total. The maximum atomic E-state index is 11.8. The van der Waals surface area contributed by atoms with Crippen LogP contribution < -0.4 is 11.1 Å². The summed E-state index contributed by atoms with van der Waals surface area (Å²) in [7, 11) is 0. The average molecular weight is 246 g/mol. The third-order valence-corrected chi connectivity index (χ3v) is 3.38. The van der Waals surface area contributed by atoms with E-state index in [0.29, 0.717) is 23.6 Å². The summed E-state index contributed by atoms with van der Waals surface area (Å²) in [5.41, 5.74) is 6.24. The molecule has 1 aliphatic carbocycles. The summed E-state index contributed by atoms with van der Waals surface area (Å²) in [5, 5.41) is 2.82. The standard InChI is InChI=1S/C14H18N2O2/c15-14(18)11-6-3-7-12(9-11)16-13(17)8-10-4-1-2-5-10/h3,6-7,9-10H,1-2,4-5,8H2,(H2,15,18)(H,16,17). The minimum absolute atomic E-state index is 0.0171. The van der Waals surface area contributed by atoms with Gasteiger partial charge in [0, 0.05) is 17.7 Å². The Morgan fingerprint density at radius 3 is 2.67 bits per heavy atom. The first-order chi connectivity index (χ1) is 8.65. The number of primary amides is 1. The first-order valence-electron chi connectivity index (χ1n) is 6.35. The highest BCUT2D eigenvalue weighted by Crippen LogP contribution is 2.27. The van der Waals surface area contributed by atoms with Crippen molar-refractivity contribution in [3.05, 3.63) is 29.8 Å². The second-order valence-corrected chi connectivity index (χ2v) is 4.85. The second kappa shape index (κ2) is 5.67. The van der Waals surface area contributed by atoms with Gasteiger partial charge < -0.3 is 11.1 Å². The van der Waals surface area contributed by atoms with Crippen molar-refractivity contribution in [1.29, 1.82) is 0 Å². The van der Waals surface area contributed by atoms with Crippen LogP contribution in [0.4, 0.5) is 5.69 Å². The third-order valence-electron chi connectivity index (χ3n) is 3.38. The first kappa shape index (κ1) is 12.6. The Morgan fingerprint density at radius 2 is 2.00 bits per heavy atom. The van der Waals surface area contributed by atoms with Crippen LogP contribution in [0.5, 0.6) is 0 Å². The molecular weight excluding hydrogens is 228 g/mol. The summed E-state index contributed by atoms with van der Waals surface area (Å²) >= 11 is 0. The van der Waals surface area contributed by atoms with E-state index in [4.69, 9.17) is 5.73 Å². The molecule has 4 nitrogen and oxygen atoms in total. The Hall–Kier alpha value is -1.84. The number of hydrogen-bond donors (Lipinski definition) is 2. The SMILES string of the molecule is NC(=O)c1cccc(NC(=O)CC2CCCC2)c1. The fraction of sp³-hybridized carbons (Fsp3) is 0.429. The maximum absolute atomic E-state index is 11.8. The molecule has 2 amide bonds. The van der Waals surface area contributed by atoms with Crippen molar-refractivity contribution in [3.8, 4) is 0 Å². The number of carbonyl (C=O) groups is 2. The second-order valence-electron chi connectivity index (χ2n) is 4.85. The van der Waals surface area contributed by atoms with E-state index in [9.17, 15) is 9.59 Å². The molecule has 0 aliphatic heterocycles. The maximum Gasteiger partial charge on any atom is 0.248 e. The zero-order valence-corrected chi connectivity index (χ0v) is 10.3. The van der Waals surface area contributed by atoms with E-state index >= 15 is 0 Å². The Labute approximate surface area is 107 Å². The quantitative estimate of drug-likeness (QED) is 0.855. The summed E-state index contributed by atoms with van der Waals surface area (Å²) in [6, 6.07) is 6.72. The molecule has 0 bridgehead atoms. The van der Waals surface area contributed by atoms with Crippen LogP contribution in [-0.2, 0) is 4.79 Å². The smallest absolute Gasteiger partial charge is 0.248 e. The average Bonchev–Trinajstić information content (AvgIpc) is 2.82. The molecule has 2 rings (SSSR count). The van der Waals surface area contributed by atoms with Crippen LogP contribution in [-0.4, -0.2) is 11.8 Å². The van der Waals surface area contributed by atoms with Crippen molar-refractivity contribution in [2.45, 2.75) is 32.1 Å². The summed E-state index contributed by atoms with van der Waals surface area (Å²) in [4.78, 5) is 22.8. The van der Waals surface area contributed by atoms with Crippen molar-refractivity contribution in [2.75, 3.05) is 5.32 Å². The van der Waals surface area contributed by atoms with Gasteiger partial charge in [0.05, 0.1) is 0 Å². The molecule has 0 heterocycles. The van der Waals surface area contributed by atoms with Gasteiger partial charge in [-0.05, 0) is 37.0 Å². The van der Waals surface area contributed by atoms with Crippen molar-refractivity contribution in [1.82, 2.24) is 0 Å². The highest BCUT2D eigenvalue weighted by atomic mass is 16.2. The van der Waals surface area contributed by atoms with Crippen LogP contribution in [0.3, 0.4) is 0 Å². The lowest BCUT2D eigenvalue weighted by molar-refractivity contribution is -0.117. The van der Waals surface area contributed by atoms with Gasteiger partial charge in [0.25, 0.3) is 0 Å². The van der Waals surface area contributed by atoms with Crippen LogP contribution in [0.25, 0.3) is 0 Å². The van der Waals surface area contributed by atoms with Gasteiger partial charge in [0.2, 0.25) is 11.8 Å². The molecule has 1 fully saturated rings. The zero-order chi connectivity index (χ0) is 13.0. The van der Waals surface area contributed by atoms with Gasteiger partial charge in [-0.3, -0.25) is 9.59 Å². The van der Waals surface area contributed by atoms with E-state index in [0.717, 1.165) is 12.8 Å². The van der Waals surface area contributed by atoms with Crippen molar-refractivity contribution in [2.24, 2.45) is 11.7 Å². The summed E-state index contributed by atoms with van der Waals surface area (Å²) < 4.78 is 0. The van der Waals surface area contributed by atoms with Crippen LogP contribution in [0.15, 0.2) is 24.3 Å².